The van der Waals surface area contributed by atoms with E-state index < -0.39 is 0 Å². The van der Waals surface area contributed by atoms with Gasteiger partial charge in [-0.25, -0.2) is 0 Å². The van der Waals surface area contributed by atoms with Gasteiger partial charge in [0.05, 0.1) is 23.9 Å². The monoisotopic (exact) mass is 335 g/mol. The summed E-state index contributed by atoms with van der Waals surface area (Å²) in [6.45, 7) is 1.18. The van der Waals surface area contributed by atoms with Crippen LogP contribution in [0.4, 0.5) is 5.69 Å². The quantitative estimate of drug-likeness (QED) is 0.854. The third kappa shape index (κ3) is 3.61. The summed E-state index contributed by atoms with van der Waals surface area (Å²) in [7, 11) is 0. The standard InChI is InChI=1S/C16H14ClNO3S/c17-12-8-14-15(21-6-1-5-20-14)9-13(12)18-16(19)3-2-11-4-7-22-10-11/h2-4,7-10H,1,5-6H2,(H,18,19)/b3-2+. The highest BCUT2D eigenvalue weighted by atomic mass is 35.5. The molecule has 1 aromatic heterocycles. The molecule has 0 radical (unpaired) electrons. The minimum Gasteiger partial charge on any atom is -0.490 e. The first kappa shape index (κ1) is 14.9. The molecule has 0 atom stereocenters. The van der Waals surface area contributed by atoms with Crippen molar-refractivity contribution in [2.45, 2.75) is 6.42 Å². The van der Waals surface area contributed by atoms with Gasteiger partial charge in [0.25, 0.3) is 0 Å². The molecule has 114 valence electrons. The number of carbonyl (C=O) groups excluding carboxylic acids is 1. The number of nitrogens with one attached hydrogen (secondary N) is 1. The molecule has 1 N–H and O–H groups in total. The maximum Gasteiger partial charge on any atom is 0.248 e. The number of hydrogen-bond acceptors (Lipinski definition) is 4. The van der Waals surface area contributed by atoms with Gasteiger partial charge in [-0.05, 0) is 28.5 Å². The average Bonchev–Trinajstić information content (AvgIpc) is 2.92. The van der Waals surface area contributed by atoms with E-state index in [9.17, 15) is 4.79 Å². The lowest BCUT2D eigenvalue weighted by molar-refractivity contribution is -0.111. The van der Waals surface area contributed by atoms with Crippen molar-refractivity contribution in [1.82, 2.24) is 0 Å². The molecule has 0 aliphatic carbocycles. The molecular weight excluding hydrogens is 322 g/mol. The van der Waals surface area contributed by atoms with Crippen LogP contribution in [0.5, 0.6) is 11.5 Å². The van der Waals surface area contributed by atoms with Gasteiger partial charge in [-0.1, -0.05) is 11.6 Å². The van der Waals surface area contributed by atoms with Crippen LogP contribution in [0.2, 0.25) is 5.02 Å². The highest BCUT2D eigenvalue weighted by Gasteiger charge is 2.14. The van der Waals surface area contributed by atoms with Crippen LogP contribution < -0.4 is 14.8 Å². The van der Waals surface area contributed by atoms with Crippen LogP contribution in [0.15, 0.2) is 35.0 Å². The first-order valence-corrected chi connectivity index (χ1v) is 8.15. The van der Waals surface area contributed by atoms with Crippen molar-refractivity contribution < 1.29 is 14.3 Å². The molecule has 3 rings (SSSR count). The molecule has 0 fully saturated rings. The smallest absolute Gasteiger partial charge is 0.248 e. The van der Waals surface area contributed by atoms with Crippen molar-refractivity contribution in [3.63, 3.8) is 0 Å². The first-order chi connectivity index (χ1) is 10.7. The SMILES string of the molecule is O=C(/C=C/c1ccsc1)Nc1cc2c(cc1Cl)OCCCO2. The second-order valence-electron chi connectivity index (χ2n) is 4.71. The fourth-order valence-electron chi connectivity index (χ4n) is 2.00. The molecule has 1 aliphatic heterocycles. The van der Waals surface area contributed by atoms with E-state index in [2.05, 4.69) is 5.32 Å². The van der Waals surface area contributed by atoms with Crippen LogP contribution in [-0.2, 0) is 4.79 Å². The Hall–Kier alpha value is -1.98. The largest absolute Gasteiger partial charge is 0.490 e. The summed E-state index contributed by atoms with van der Waals surface area (Å²) in [5.41, 5.74) is 1.50. The van der Waals surface area contributed by atoms with Crippen LogP contribution in [-0.4, -0.2) is 19.1 Å². The third-order valence-electron chi connectivity index (χ3n) is 3.07. The minimum atomic E-state index is -0.248. The van der Waals surface area contributed by atoms with Crippen LogP contribution in [0.3, 0.4) is 0 Å². The highest BCUT2D eigenvalue weighted by Crippen LogP contribution is 2.37. The molecule has 0 saturated carbocycles. The second kappa shape index (κ2) is 6.85. The minimum absolute atomic E-state index is 0.248. The predicted molar refractivity (Wildman–Crippen MR) is 89.0 cm³/mol. The van der Waals surface area contributed by atoms with Gasteiger partial charge in [0.1, 0.15) is 0 Å². The van der Waals surface area contributed by atoms with E-state index in [0.29, 0.717) is 35.4 Å². The second-order valence-corrected chi connectivity index (χ2v) is 5.90. The molecule has 22 heavy (non-hydrogen) atoms. The molecule has 0 saturated heterocycles. The summed E-state index contributed by atoms with van der Waals surface area (Å²) in [4.78, 5) is 12.0. The van der Waals surface area contributed by atoms with E-state index in [1.165, 1.54) is 6.08 Å². The number of carbonyl (C=O) groups is 1. The van der Waals surface area contributed by atoms with Gasteiger partial charge in [0.15, 0.2) is 11.5 Å². The molecule has 0 bridgehead atoms. The molecule has 0 unspecified atom stereocenters. The lowest BCUT2D eigenvalue weighted by Crippen LogP contribution is -2.08. The van der Waals surface area contributed by atoms with Gasteiger partial charge < -0.3 is 14.8 Å². The molecule has 4 nitrogen and oxygen atoms in total. The van der Waals surface area contributed by atoms with E-state index in [1.807, 2.05) is 16.8 Å². The number of benzene rings is 1. The maximum atomic E-state index is 12.0. The van der Waals surface area contributed by atoms with Crippen molar-refractivity contribution in [1.29, 1.82) is 0 Å². The van der Waals surface area contributed by atoms with Crippen molar-refractivity contribution in [3.05, 3.63) is 45.6 Å². The van der Waals surface area contributed by atoms with Crippen LogP contribution in [0, 0.1) is 0 Å². The van der Waals surface area contributed by atoms with Gasteiger partial charge >= 0.3 is 0 Å². The number of hydrogen-bond donors (Lipinski definition) is 1. The highest BCUT2D eigenvalue weighted by molar-refractivity contribution is 7.08. The van der Waals surface area contributed by atoms with Gasteiger partial charge in [0, 0.05) is 24.6 Å². The van der Waals surface area contributed by atoms with Gasteiger partial charge in [0.2, 0.25) is 5.91 Å². The lowest BCUT2D eigenvalue weighted by atomic mass is 10.2. The number of amides is 1. The van der Waals surface area contributed by atoms with Crippen molar-refractivity contribution in [2.24, 2.45) is 0 Å². The Kier molecular flexibility index (Phi) is 4.65. The molecule has 2 aromatic rings. The summed E-state index contributed by atoms with van der Waals surface area (Å²) < 4.78 is 11.1. The molecule has 2 heterocycles. The maximum absolute atomic E-state index is 12.0. The van der Waals surface area contributed by atoms with E-state index in [4.69, 9.17) is 21.1 Å². The van der Waals surface area contributed by atoms with Crippen molar-refractivity contribution in [3.8, 4) is 11.5 Å². The van der Waals surface area contributed by atoms with Crippen LogP contribution in [0.1, 0.15) is 12.0 Å². The molecule has 1 amide bonds. The summed E-state index contributed by atoms with van der Waals surface area (Å²) >= 11 is 7.77. The molecular formula is C16H14ClNO3S. The van der Waals surface area contributed by atoms with Crippen LogP contribution >= 0.6 is 22.9 Å². The zero-order chi connectivity index (χ0) is 15.4. The Morgan fingerprint density at radius 3 is 2.77 bits per heavy atom. The summed E-state index contributed by atoms with van der Waals surface area (Å²) in [6.07, 6.45) is 4.04. The van der Waals surface area contributed by atoms with Crippen molar-refractivity contribution in [2.75, 3.05) is 18.5 Å². The Labute approximate surface area is 137 Å². The topological polar surface area (TPSA) is 47.6 Å². The van der Waals surface area contributed by atoms with Crippen molar-refractivity contribution >= 4 is 40.6 Å². The summed E-state index contributed by atoms with van der Waals surface area (Å²) in [6, 6.07) is 5.30. The lowest BCUT2D eigenvalue weighted by Gasteiger charge is -2.11. The molecule has 1 aromatic carbocycles. The van der Waals surface area contributed by atoms with E-state index in [1.54, 1.807) is 29.5 Å². The van der Waals surface area contributed by atoms with Gasteiger partial charge in [-0.15, -0.1) is 0 Å². The van der Waals surface area contributed by atoms with E-state index in [-0.39, 0.29) is 5.91 Å². The Morgan fingerprint density at radius 2 is 2.05 bits per heavy atom. The number of rotatable bonds is 3. The molecule has 0 spiro atoms. The predicted octanol–water partition coefficient (Wildman–Crippen LogP) is 4.21. The number of halogens is 1. The Bertz CT molecular complexity index is 698. The zero-order valence-corrected chi connectivity index (χ0v) is 13.2. The fourth-order valence-corrected chi connectivity index (χ4v) is 2.83. The summed E-state index contributed by atoms with van der Waals surface area (Å²) in [5.74, 6) is 0.955. The van der Waals surface area contributed by atoms with Gasteiger partial charge in [-0.3, -0.25) is 4.79 Å². The molecule has 1 aliphatic rings. The normalized spacial score (nSPS) is 13.9. The zero-order valence-electron chi connectivity index (χ0n) is 11.7. The number of ether oxygens (including phenoxy) is 2. The number of fused-ring (bicyclic) bond motifs is 1. The first-order valence-electron chi connectivity index (χ1n) is 6.83. The number of thiophene rings is 1. The fraction of sp³-hybridized carbons (Fsp3) is 0.188. The number of anilines is 1. The average molecular weight is 336 g/mol. The Morgan fingerprint density at radius 1 is 1.27 bits per heavy atom. The van der Waals surface area contributed by atoms with E-state index in [0.717, 1.165) is 12.0 Å². The van der Waals surface area contributed by atoms with E-state index >= 15 is 0 Å². The van der Waals surface area contributed by atoms with Crippen LogP contribution in [0.25, 0.3) is 6.08 Å². The van der Waals surface area contributed by atoms with Gasteiger partial charge in [-0.2, -0.15) is 11.3 Å². The Balaban J connectivity index is 1.74. The summed E-state index contributed by atoms with van der Waals surface area (Å²) in [5, 5.41) is 7.09. The third-order valence-corrected chi connectivity index (χ3v) is 4.08. The molecule has 6 heteroatoms.